The normalized spacial score (nSPS) is 17.0. The Morgan fingerprint density at radius 1 is 1.10 bits per heavy atom. The van der Waals surface area contributed by atoms with Crippen LogP contribution in [0.1, 0.15) is 71.3 Å². The molecule has 1 fully saturated rings. The molecule has 6 heteroatoms. The summed E-state index contributed by atoms with van der Waals surface area (Å²) in [5, 5.41) is 4.11. The Morgan fingerprint density at radius 2 is 1.90 bits per heavy atom. The largest absolute Gasteiger partial charge is 0.497 e. The molecule has 2 aliphatic rings. The van der Waals surface area contributed by atoms with Crippen LogP contribution in [0.15, 0.2) is 23.2 Å². The number of amides is 1. The number of rotatable bonds is 6. The number of nitrogens with one attached hydrogen (secondary N) is 1. The highest BCUT2D eigenvalue weighted by Crippen LogP contribution is 2.40. The molecule has 2 aliphatic carbocycles. The van der Waals surface area contributed by atoms with Gasteiger partial charge in [-0.25, -0.2) is 4.99 Å². The predicted molar refractivity (Wildman–Crippen MR) is 122 cm³/mol. The first-order chi connectivity index (χ1) is 14.7. The molecule has 1 aromatic carbocycles. The Morgan fingerprint density at radius 3 is 2.67 bits per heavy atom. The Labute approximate surface area is 182 Å². The van der Waals surface area contributed by atoms with Crippen molar-refractivity contribution in [3.8, 4) is 11.5 Å². The lowest BCUT2D eigenvalue weighted by atomic mass is 9.93. The van der Waals surface area contributed by atoms with Crippen LogP contribution in [0.3, 0.4) is 0 Å². The molecule has 4 rings (SSSR count). The molecule has 0 radical (unpaired) electrons. The number of benzene rings is 1. The first-order valence-corrected chi connectivity index (χ1v) is 11.7. The molecule has 1 amide bonds. The Bertz CT molecular complexity index is 929. The summed E-state index contributed by atoms with van der Waals surface area (Å²) in [6, 6.07) is 5.96. The van der Waals surface area contributed by atoms with E-state index in [2.05, 4.69) is 5.32 Å². The highest BCUT2D eigenvalue weighted by molar-refractivity contribution is 7.16. The number of aliphatic imine (C=N–C) groups is 1. The minimum absolute atomic E-state index is 0.0511. The molecule has 1 N–H and O–H groups in total. The molecule has 160 valence electrons. The van der Waals surface area contributed by atoms with Crippen LogP contribution in [-0.2, 0) is 12.8 Å². The van der Waals surface area contributed by atoms with Crippen LogP contribution >= 0.6 is 11.3 Å². The molecule has 5 nitrogen and oxygen atoms in total. The average Bonchev–Trinajstić information content (AvgIpc) is 3.16. The molecular formula is C24H30N2O3S. The molecule has 0 unspecified atom stereocenters. The Balaban J connectivity index is 1.63. The molecule has 0 aliphatic heterocycles. The Kier molecular flexibility index (Phi) is 6.72. The van der Waals surface area contributed by atoms with Crippen LogP contribution in [0.2, 0.25) is 0 Å². The van der Waals surface area contributed by atoms with Gasteiger partial charge < -0.3 is 14.8 Å². The summed E-state index contributed by atoms with van der Waals surface area (Å²) < 4.78 is 10.8. The van der Waals surface area contributed by atoms with Crippen LogP contribution in [0.5, 0.6) is 11.5 Å². The summed E-state index contributed by atoms with van der Waals surface area (Å²) in [6.07, 6.45) is 12.0. The van der Waals surface area contributed by atoms with Crippen molar-refractivity contribution < 1.29 is 14.3 Å². The van der Waals surface area contributed by atoms with Crippen molar-refractivity contribution >= 4 is 28.5 Å². The number of methoxy groups -OCH3 is 2. The lowest BCUT2D eigenvalue weighted by Gasteiger charge is -2.23. The highest BCUT2D eigenvalue weighted by atomic mass is 32.1. The van der Waals surface area contributed by atoms with Gasteiger partial charge in [-0.3, -0.25) is 4.79 Å². The average molecular weight is 427 g/mol. The van der Waals surface area contributed by atoms with E-state index >= 15 is 0 Å². The van der Waals surface area contributed by atoms with E-state index in [-0.39, 0.29) is 5.91 Å². The van der Waals surface area contributed by atoms with Crippen molar-refractivity contribution in [1.29, 1.82) is 0 Å². The Hall–Kier alpha value is -2.34. The van der Waals surface area contributed by atoms with Crippen molar-refractivity contribution in [3.05, 3.63) is 39.8 Å². The molecular weight excluding hydrogens is 396 g/mol. The lowest BCUT2D eigenvalue weighted by Crippen LogP contribution is -2.36. The topological polar surface area (TPSA) is 59.9 Å². The maximum absolute atomic E-state index is 13.3. The summed E-state index contributed by atoms with van der Waals surface area (Å²) in [7, 11) is 3.27. The first kappa shape index (κ1) is 20.9. The number of thiophene rings is 1. The van der Waals surface area contributed by atoms with E-state index in [0.29, 0.717) is 11.8 Å². The van der Waals surface area contributed by atoms with Crippen LogP contribution < -0.4 is 14.8 Å². The van der Waals surface area contributed by atoms with E-state index in [0.717, 1.165) is 54.0 Å². The van der Waals surface area contributed by atoms with Crippen LogP contribution in [0.25, 0.3) is 0 Å². The fraction of sp³-hybridized carbons (Fsp3) is 0.500. The molecule has 30 heavy (non-hydrogen) atoms. The molecule has 1 heterocycles. The van der Waals surface area contributed by atoms with Gasteiger partial charge in [0.05, 0.1) is 19.8 Å². The molecule has 2 aromatic rings. The van der Waals surface area contributed by atoms with E-state index in [4.69, 9.17) is 14.5 Å². The number of hydrogen-bond donors (Lipinski definition) is 1. The summed E-state index contributed by atoms with van der Waals surface area (Å²) in [4.78, 5) is 19.4. The SMILES string of the molecule is COc1ccc(C=Nc2sc3c(c2C(=O)NC2CCCCC2)CCCC3)c(OC)c1. The lowest BCUT2D eigenvalue weighted by molar-refractivity contribution is 0.0927. The van der Waals surface area contributed by atoms with Gasteiger partial charge in [0.25, 0.3) is 5.91 Å². The molecule has 1 saturated carbocycles. The van der Waals surface area contributed by atoms with Gasteiger partial charge in [-0.05, 0) is 56.2 Å². The van der Waals surface area contributed by atoms with Gasteiger partial charge in [-0.2, -0.15) is 0 Å². The number of nitrogens with zero attached hydrogens (tertiary/aromatic N) is 1. The van der Waals surface area contributed by atoms with E-state index in [1.165, 1.54) is 36.1 Å². The maximum Gasteiger partial charge on any atom is 0.254 e. The monoisotopic (exact) mass is 426 g/mol. The van der Waals surface area contributed by atoms with Crippen molar-refractivity contribution in [2.24, 2.45) is 4.99 Å². The van der Waals surface area contributed by atoms with E-state index < -0.39 is 0 Å². The summed E-state index contributed by atoms with van der Waals surface area (Å²) in [6.45, 7) is 0. The van der Waals surface area contributed by atoms with Gasteiger partial charge in [0.2, 0.25) is 0 Å². The predicted octanol–water partition coefficient (Wildman–Crippen LogP) is 5.46. The molecule has 0 bridgehead atoms. The third-order valence-electron chi connectivity index (χ3n) is 6.08. The first-order valence-electron chi connectivity index (χ1n) is 10.9. The van der Waals surface area contributed by atoms with Crippen molar-refractivity contribution in [2.75, 3.05) is 14.2 Å². The van der Waals surface area contributed by atoms with Crippen LogP contribution in [0.4, 0.5) is 5.00 Å². The smallest absolute Gasteiger partial charge is 0.254 e. The standard InChI is InChI=1S/C24H30N2O3S/c1-28-18-13-12-16(20(14-18)29-2)15-25-24-22(19-10-6-7-11-21(19)30-24)23(27)26-17-8-4-3-5-9-17/h12-15,17H,3-11H2,1-2H3,(H,26,27). The molecule has 0 spiro atoms. The maximum atomic E-state index is 13.3. The van der Waals surface area contributed by atoms with Crippen molar-refractivity contribution in [3.63, 3.8) is 0 Å². The molecule has 1 aromatic heterocycles. The van der Waals surface area contributed by atoms with Crippen molar-refractivity contribution in [2.45, 2.75) is 63.8 Å². The number of fused-ring (bicyclic) bond motifs is 1. The number of carbonyl (C=O) groups is 1. The van der Waals surface area contributed by atoms with E-state index in [1.54, 1.807) is 31.8 Å². The summed E-state index contributed by atoms with van der Waals surface area (Å²) in [5.41, 5.74) is 2.88. The van der Waals surface area contributed by atoms with E-state index in [9.17, 15) is 4.79 Å². The second kappa shape index (κ2) is 9.65. The van der Waals surface area contributed by atoms with Crippen LogP contribution in [-0.4, -0.2) is 32.4 Å². The molecule has 0 saturated heterocycles. The summed E-state index contributed by atoms with van der Waals surface area (Å²) >= 11 is 1.67. The second-order valence-corrected chi connectivity index (χ2v) is 9.15. The van der Waals surface area contributed by atoms with Gasteiger partial charge in [-0.1, -0.05) is 19.3 Å². The minimum Gasteiger partial charge on any atom is -0.497 e. The van der Waals surface area contributed by atoms with Gasteiger partial charge in [0.1, 0.15) is 16.5 Å². The second-order valence-electron chi connectivity index (χ2n) is 8.07. The minimum atomic E-state index is 0.0511. The quantitative estimate of drug-likeness (QED) is 0.624. The third kappa shape index (κ3) is 4.53. The zero-order chi connectivity index (χ0) is 20.9. The highest BCUT2D eigenvalue weighted by Gasteiger charge is 2.27. The van der Waals surface area contributed by atoms with Gasteiger partial charge >= 0.3 is 0 Å². The number of hydrogen-bond acceptors (Lipinski definition) is 5. The van der Waals surface area contributed by atoms with Crippen LogP contribution in [0, 0.1) is 0 Å². The number of ether oxygens (including phenoxy) is 2. The third-order valence-corrected chi connectivity index (χ3v) is 7.28. The summed E-state index contributed by atoms with van der Waals surface area (Å²) in [5.74, 6) is 1.49. The van der Waals surface area contributed by atoms with Gasteiger partial charge in [0, 0.05) is 28.8 Å². The fourth-order valence-electron chi connectivity index (χ4n) is 4.43. The zero-order valence-electron chi connectivity index (χ0n) is 17.8. The number of aryl methyl sites for hydroxylation is 1. The number of carbonyl (C=O) groups excluding carboxylic acids is 1. The van der Waals surface area contributed by atoms with Gasteiger partial charge in [0.15, 0.2) is 0 Å². The van der Waals surface area contributed by atoms with Crippen molar-refractivity contribution in [1.82, 2.24) is 5.32 Å². The fourth-order valence-corrected chi connectivity index (χ4v) is 5.66. The van der Waals surface area contributed by atoms with Gasteiger partial charge in [-0.15, -0.1) is 11.3 Å². The van der Waals surface area contributed by atoms with E-state index in [1.807, 2.05) is 18.2 Å². The zero-order valence-corrected chi connectivity index (χ0v) is 18.6. The molecule has 0 atom stereocenters.